The lowest BCUT2D eigenvalue weighted by molar-refractivity contribution is -0.141. The fourth-order valence-corrected chi connectivity index (χ4v) is 3.63. The zero-order valence-corrected chi connectivity index (χ0v) is 10.5. The third-order valence-corrected chi connectivity index (χ3v) is 4.77. The standard InChI is InChI=1S/C9H15N3O5S/c13-8(1-2-9(14)15)11-3-4-12-7(6-11)5-10-18(12,16)17/h7,10H,1-6H2,(H,14,15). The summed E-state index contributed by atoms with van der Waals surface area (Å²) in [5.74, 6) is -1.24. The van der Waals surface area contributed by atoms with E-state index < -0.39 is 16.2 Å². The van der Waals surface area contributed by atoms with Gasteiger partial charge in [0.25, 0.3) is 10.2 Å². The molecule has 1 unspecified atom stereocenters. The number of piperazine rings is 1. The van der Waals surface area contributed by atoms with E-state index >= 15 is 0 Å². The van der Waals surface area contributed by atoms with Crippen molar-refractivity contribution in [3.63, 3.8) is 0 Å². The van der Waals surface area contributed by atoms with Crippen LogP contribution in [0.25, 0.3) is 0 Å². The first-order valence-electron chi connectivity index (χ1n) is 5.66. The zero-order chi connectivity index (χ0) is 13.3. The number of carboxylic acids is 1. The largest absolute Gasteiger partial charge is 0.481 e. The van der Waals surface area contributed by atoms with E-state index in [1.165, 1.54) is 9.21 Å². The molecular formula is C9H15N3O5S. The highest BCUT2D eigenvalue weighted by atomic mass is 32.2. The average molecular weight is 277 g/mol. The van der Waals surface area contributed by atoms with Crippen LogP contribution in [0.3, 0.4) is 0 Å². The van der Waals surface area contributed by atoms with Crippen molar-refractivity contribution in [3.05, 3.63) is 0 Å². The number of carbonyl (C=O) groups is 2. The maximum Gasteiger partial charge on any atom is 0.303 e. The van der Waals surface area contributed by atoms with Gasteiger partial charge in [-0.2, -0.15) is 12.7 Å². The number of nitrogens with one attached hydrogen (secondary N) is 1. The number of nitrogens with zero attached hydrogens (tertiary/aromatic N) is 2. The number of carbonyl (C=O) groups excluding carboxylic acids is 1. The molecule has 1 amide bonds. The molecular weight excluding hydrogens is 262 g/mol. The Morgan fingerprint density at radius 1 is 1.28 bits per heavy atom. The minimum Gasteiger partial charge on any atom is -0.481 e. The van der Waals surface area contributed by atoms with Gasteiger partial charge in [-0.1, -0.05) is 0 Å². The summed E-state index contributed by atoms with van der Waals surface area (Å²) >= 11 is 0. The second-order valence-corrected chi connectivity index (χ2v) is 6.06. The highest BCUT2D eigenvalue weighted by Crippen LogP contribution is 2.18. The lowest BCUT2D eigenvalue weighted by Crippen LogP contribution is -2.53. The van der Waals surface area contributed by atoms with E-state index in [1.54, 1.807) is 0 Å². The number of amides is 1. The molecule has 0 aliphatic carbocycles. The predicted molar refractivity (Wildman–Crippen MR) is 60.9 cm³/mol. The molecule has 0 aromatic rings. The summed E-state index contributed by atoms with van der Waals surface area (Å²) in [6, 6.07) is -0.238. The van der Waals surface area contributed by atoms with Gasteiger partial charge in [0.2, 0.25) is 5.91 Å². The Morgan fingerprint density at radius 3 is 2.67 bits per heavy atom. The Bertz CT molecular complexity index is 463. The highest BCUT2D eigenvalue weighted by Gasteiger charge is 2.41. The predicted octanol–water partition coefficient (Wildman–Crippen LogP) is -1.79. The van der Waals surface area contributed by atoms with Crippen LogP contribution in [-0.2, 0) is 19.8 Å². The Morgan fingerprint density at radius 2 is 2.00 bits per heavy atom. The Balaban J connectivity index is 1.92. The monoisotopic (exact) mass is 277 g/mol. The van der Waals surface area contributed by atoms with E-state index in [4.69, 9.17) is 5.11 Å². The minimum absolute atomic E-state index is 0.0395. The third kappa shape index (κ3) is 2.62. The van der Waals surface area contributed by atoms with Gasteiger partial charge in [-0.25, -0.2) is 4.72 Å². The van der Waals surface area contributed by atoms with E-state index in [-0.39, 0.29) is 31.3 Å². The van der Waals surface area contributed by atoms with Crippen LogP contribution in [-0.4, -0.2) is 66.8 Å². The molecule has 9 heteroatoms. The van der Waals surface area contributed by atoms with Crippen molar-refractivity contribution in [2.75, 3.05) is 26.2 Å². The average Bonchev–Trinajstić information content (AvgIpc) is 2.62. The summed E-state index contributed by atoms with van der Waals surface area (Å²) in [4.78, 5) is 23.6. The molecule has 2 heterocycles. The van der Waals surface area contributed by atoms with E-state index in [1.807, 2.05) is 0 Å². The van der Waals surface area contributed by atoms with Gasteiger partial charge < -0.3 is 10.0 Å². The normalized spacial score (nSPS) is 26.9. The number of hydrogen-bond acceptors (Lipinski definition) is 4. The molecule has 1 atom stereocenters. The number of carboxylic acid groups (broad SMARTS) is 1. The van der Waals surface area contributed by atoms with Crippen molar-refractivity contribution in [1.82, 2.24) is 13.9 Å². The van der Waals surface area contributed by atoms with Gasteiger partial charge in [0.1, 0.15) is 0 Å². The Labute approximate surface area is 105 Å². The molecule has 2 aliphatic heterocycles. The van der Waals surface area contributed by atoms with Gasteiger partial charge in [0, 0.05) is 32.6 Å². The first kappa shape index (κ1) is 13.2. The number of fused-ring (bicyclic) bond motifs is 1. The maximum absolute atomic E-state index is 11.7. The maximum atomic E-state index is 11.7. The molecule has 102 valence electrons. The number of aliphatic carboxylic acids is 1. The summed E-state index contributed by atoms with van der Waals surface area (Å²) in [5, 5.41) is 8.51. The first-order chi connectivity index (χ1) is 8.40. The molecule has 2 rings (SSSR count). The van der Waals surface area contributed by atoms with Crippen LogP contribution in [0.1, 0.15) is 12.8 Å². The van der Waals surface area contributed by atoms with Crippen molar-refractivity contribution in [3.8, 4) is 0 Å². The molecule has 18 heavy (non-hydrogen) atoms. The van der Waals surface area contributed by atoms with Gasteiger partial charge in [-0.3, -0.25) is 9.59 Å². The summed E-state index contributed by atoms with van der Waals surface area (Å²) in [7, 11) is -3.37. The fourth-order valence-electron chi connectivity index (χ4n) is 2.20. The summed E-state index contributed by atoms with van der Waals surface area (Å²) in [6.07, 6.45) is -0.234. The second kappa shape index (κ2) is 4.82. The minimum atomic E-state index is -3.37. The number of hydrogen-bond donors (Lipinski definition) is 2. The summed E-state index contributed by atoms with van der Waals surface area (Å²) in [5.41, 5.74) is 0. The van der Waals surface area contributed by atoms with Gasteiger partial charge in [-0.05, 0) is 0 Å². The highest BCUT2D eigenvalue weighted by molar-refractivity contribution is 7.87. The van der Waals surface area contributed by atoms with Crippen LogP contribution in [0, 0.1) is 0 Å². The summed E-state index contributed by atoms with van der Waals surface area (Å²) in [6.45, 7) is 1.20. The van der Waals surface area contributed by atoms with E-state index in [2.05, 4.69) is 4.72 Å². The molecule has 2 N–H and O–H groups in total. The topological polar surface area (TPSA) is 107 Å². The van der Waals surface area contributed by atoms with E-state index in [9.17, 15) is 18.0 Å². The molecule has 0 saturated carbocycles. The molecule has 2 saturated heterocycles. The molecule has 0 aromatic carbocycles. The van der Waals surface area contributed by atoms with Crippen molar-refractivity contribution in [2.24, 2.45) is 0 Å². The lowest BCUT2D eigenvalue weighted by atomic mass is 10.2. The van der Waals surface area contributed by atoms with Gasteiger partial charge in [0.15, 0.2) is 0 Å². The third-order valence-electron chi connectivity index (χ3n) is 3.14. The van der Waals surface area contributed by atoms with Crippen LogP contribution in [0.4, 0.5) is 0 Å². The fraction of sp³-hybridized carbons (Fsp3) is 0.778. The molecule has 0 spiro atoms. The second-order valence-electron chi connectivity index (χ2n) is 4.35. The van der Waals surface area contributed by atoms with Crippen LogP contribution < -0.4 is 4.72 Å². The quantitative estimate of drug-likeness (QED) is 0.633. The molecule has 2 fully saturated rings. The van der Waals surface area contributed by atoms with Gasteiger partial charge in [-0.15, -0.1) is 0 Å². The van der Waals surface area contributed by atoms with Crippen molar-refractivity contribution in [2.45, 2.75) is 18.9 Å². The molecule has 0 bridgehead atoms. The molecule has 2 aliphatic rings. The summed E-state index contributed by atoms with van der Waals surface area (Å²) < 4.78 is 26.8. The molecule has 0 radical (unpaired) electrons. The lowest BCUT2D eigenvalue weighted by Gasteiger charge is -2.35. The Hall–Kier alpha value is -1.19. The zero-order valence-electron chi connectivity index (χ0n) is 9.70. The first-order valence-corrected chi connectivity index (χ1v) is 7.10. The van der Waals surface area contributed by atoms with Crippen molar-refractivity contribution in [1.29, 1.82) is 0 Å². The van der Waals surface area contributed by atoms with Crippen LogP contribution >= 0.6 is 0 Å². The Kier molecular flexibility index (Phi) is 3.55. The van der Waals surface area contributed by atoms with Gasteiger partial charge in [0.05, 0.1) is 12.5 Å². The van der Waals surface area contributed by atoms with Crippen molar-refractivity contribution < 1.29 is 23.1 Å². The SMILES string of the molecule is O=C(O)CCC(=O)N1CCN2C(CNS2(=O)=O)C1. The van der Waals surface area contributed by atoms with Crippen LogP contribution in [0.5, 0.6) is 0 Å². The van der Waals surface area contributed by atoms with E-state index in [0.717, 1.165) is 0 Å². The van der Waals surface area contributed by atoms with Gasteiger partial charge >= 0.3 is 5.97 Å². The molecule has 8 nitrogen and oxygen atoms in total. The van der Waals surface area contributed by atoms with Crippen LogP contribution in [0.15, 0.2) is 0 Å². The number of rotatable bonds is 3. The molecule has 0 aromatic heterocycles. The van der Waals surface area contributed by atoms with Crippen LogP contribution in [0.2, 0.25) is 0 Å². The smallest absolute Gasteiger partial charge is 0.303 e. The van der Waals surface area contributed by atoms with Crippen molar-refractivity contribution >= 4 is 22.1 Å². The van der Waals surface area contributed by atoms with E-state index in [0.29, 0.717) is 19.6 Å².